The average Bonchev–Trinajstić information content (AvgIpc) is 2.81. The number of amides is 1. The lowest BCUT2D eigenvalue weighted by molar-refractivity contribution is -0.120. The molecule has 2 atom stereocenters. The smallest absolute Gasteiger partial charge is 0.232 e. The van der Waals surface area contributed by atoms with Gasteiger partial charge in [-0.05, 0) is 60.6 Å². The standard InChI is InChI=1S/C28H26N2O2/c1-18-10-11-19(2)24(13-18)30-25-14-22(20-7-4-3-5-8-20)15-26(31)28(25)23(16-27(30)32)21-9-6-12-29-17-21/h3-13,17,22-23H,14-16H2,1-2H3. The van der Waals surface area contributed by atoms with Crippen molar-refractivity contribution >= 4 is 17.4 Å². The van der Waals surface area contributed by atoms with E-state index in [0.29, 0.717) is 12.8 Å². The third-order valence-electron chi connectivity index (χ3n) is 6.69. The highest BCUT2D eigenvalue weighted by Crippen LogP contribution is 2.47. The van der Waals surface area contributed by atoms with Gasteiger partial charge in [0.1, 0.15) is 0 Å². The van der Waals surface area contributed by atoms with Gasteiger partial charge in [0.15, 0.2) is 5.78 Å². The number of pyridine rings is 1. The summed E-state index contributed by atoms with van der Waals surface area (Å²) in [6.45, 7) is 4.05. The van der Waals surface area contributed by atoms with Gasteiger partial charge in [-0.15, -0.1) is 0 Å². The van der Waals surface area contributed by atoms with Crippen LogP contribution in [0.3, 0.4) is 0 Å². The van der Waals surface area contributed by atoms with Crippen LogP contribution in [0.25, 0.3) is 0 Å². The van der Waals surface area contributed by atoms with Crippen LogP contribution in [0.15, 0.2) is 84.3 Å². The molecule has 3 aromatic rings. The van der Waals surface area contributed by atoms with E-state index in [1.807, 2.05) is 55.1 Å². The van der Waals surface area contributed by atoms with E-state index in [0.717, 1.165) is 39.2 Å². The molecule has 2 unspecified atom stereocenters. The lowest BCUT2D eigenvalue weighted by Crippen LogP contribution is -2.42. The monoisotopic (exact) mass is 422 g/mol. The average molecular weight is 423 g/mol. The molecule has 1 aliphatic heterocycles. The summed E-state index contributed by atoms with van der Waals surface area (Å²) in [4.78, 5) is 33.3. The van der Waals surface area contributed by atoms with E-state index in [9.17, 15) is 9.59 Å². The number of allylic oxidation sites excluding steroid dienone is 2. The summed E-state index contributed by atoms with van der Waals surface area (Å²) in [6, 6.07) is 20.2. The highest BCUT2D eigenvalue weighted by atomic mass is 16.2. The Balaban J connectivity index is 1.68. The molecule has 1 aliphatic carbocycles. The van der Waals surface area contributed by atoms with Crippen LogP contribution in [0, 0.1) is 13.8 Å². The zero-order chi connectivity index (χ0) is 22.2. The van der Waals surface area contributed by atoms with Crippen molar-refractivity contribution in [1.82, 2.24) is 4.98 Å². The van der Waals surface area contributed by atoms with Gasteiger partial charge in [0, 0.05) is 42.4 Å². The number of hydrogen-bond donors (Lipinski definition) is 0. The summed E-state index contributed by atoms with van der Waals surface area (Å²) in [6.07, 6.45) is 4.92. The number of carbonyl (C=O) groups is 2. The molecule has 0 N–H and O–H groups in total. The first-order valence-electron chi connectivity index (χ1n) is 11.1. The fourth-order valence-electron chi connectivity index (χ4n) is 5.10. The molecular weight excluding hydrogens is 396 g/mol. The van der Waals surface area contributed by atoms with Crippen LogP contribution in [0.2, 0.25) is 0 Å². The third kappa shape index (κ3) is 3.56. The van der Waals surface area contributed by atoms with E-state index >= 15 is 0 Å². The first kappa shape index (κ1) is 20.4. The molecule has 0 fully saturated rings. The van der Waals surface area contributed by atoms with Gasteiger partial charge in [0.05, 0.1) is 5.69 Å². The molecule has 2 aromatic carbocycles. The zero-order valence-electron chi connectivity index (χ0n) is 18.4. The SMILES string of the molecule is Cc1ccc(C)c(N2C(=O)CC(c3cccnc3)C3=C2CC(c2ccccc2)CC3=O)c1. The predicted octanol–water partition coefficient (Wildman–Crippen LogP) is 5.62. The van der Waals surface area contributed by atoms with Crippen molar-refractivity contribution in [3.05, 3.63) is 107 Å². The molecule has 2 aliphatic rings. The van der Waals surface area contributed by atoms with E-state index in [1.54, 1.807) is 12.4 Å². The van der Waals surface area contributed by atoms with Crippen molar-refractivity contribution in [2.75, 3.05) is 4.90 Å². The summed E-state index contributed by atoms with van der Waals surface area (Å²) in [5.41, 5.74) is 6.72. The largest absolute Gasteiger partial charge is 0.294 e. The second-order valence-corrected chi connectivity index (χ2v) is 8.86. The van der Waals surface area contributed by atoms with Crippen LogP contribution >= 0.6 is 0 Å². The first-order chi connectivity index (χ1) is 15.5. The number of nitrogens with zero attached hydrogens (tertiary/aromatic N) is 2. The number of anilines is 1. The fraction of sp³-hybridized carbons (Fsp3) is 0.250. The number of Topliss-reactive ketones (excluding diaryl/α,β-unsaturated/α-hetero) is 1. The van der Waals surface area contributed by atoms with Crippen LogP contribution in [0.4, 0.5) is 5.69 Å². The Bertz CT molecular complexity index is 1210. The number of carbonyl (C=O) groups excluding carboxylic acids is 2. The Hall–Kier alpha value is -3.53. The summed E-state index contributed by atoms with van der Waals surface area (Å²) in [7, 11) is 0. The minimum Gasteiger partial charge on any atom is -0.294 e. The molecule has 1 amide bonds. The van der Waals surface area contributed by atoms with Crippen molar-refractivity contribution in [2.45, 2.75) is 44.9 Å². The van der Waals surface area contributed by atoms with Crippen molar-refractivity contribution < 1.29 is 9.59 Å². The lowest BCUT2D eigenvalue weighted by atomic mass is 9.73. The maximum absolute atomic E-state index is 13.6. The van der Waals surface area contributed by atoms with E-state index < -0.39 is 0 Å². The number of hydrogen-bond acceptors (Lipinski definition) is 3. The van der Waals surface area contributed by atoms with Gasteiger partial charge in [0.2, 0.25) is 5.91 Å². The fourth-order valence-corrected chi connectivity index (χ4v) is 5.10. The number of ketones is 1. The molecule has 4 nitrogen and oxygen atoms in total. The summed E-state index contributed by atoms with van der Waals surface area (Å²) in [5.74, 6) is -0.00289. The van der Waals surface area contributed by atoms with Gasteiger partial charge < -0.3 is 0 Å². The van der Waals surface area contributed by atoms with Gasteiger partial charge in [-0.25, -0.2) is 0 Å². The summed E-state index contributed by atoms with van der Waals surface area (Å²) >= 11 is 0. The molecule has 0 spiro atoms. The Morgan fingerprint density at radius 1 is 0.875 bits per heavy atom. The second-order valence-electron chi connectivity index (χ2n) is 8.86. The van der Waals surface area contributed by atoms with Crippen molar-refractivity contribution in [2.24, 2.45) is 0 Å². The molecule has 32 heavy (non-hydrogen) atoms. The number of aryl methyl sites for hydroxylation is 2. The topological polar surface area (TPSA) is 50.3 Å². The van der Waals surface area contributed by atoms with Crippen LogP contribution in [0.1, 0.15) is 53.4 Å². The van der Waals surface area contributed by atoms with Crippen LogP contribution in [-0.2, 0) is 9.59 Å². The number of rotatable bonds is 3. The highest BCUT2D eigenvalue weighted by Gasteiger charge is 2.42. The van der Waals surface area contributed by atoms with Crippen molar-refractivity contribution in [3.63, 3.8) is 0 Å². The number of aromatic nitrogens is 1. The van der Waals surface area contributed by atoms with Gasteiger partial charge >= 0.3 is 0 Å². The molecule has 1 aromatic heterocycles. The van der Waals surface area contributed by atoms with Crippen LogP contribution in [0.5, 0.6) is 0 Å². The molecule has 0 radical (unpaired) electrons. The molecule has 4 heteroatoms. The minimum absolute atomic E-state index is 0.0350. The maximum Gasteiger partial charge on any atom is 0.232 e. The lowest BCUT2D eigenvalue weighted by Gasteiger charge is -2.41. The Labute approximate surface area is 188 Å². The van der Waals surface area contributed by atoms with Gasteiger partial charge in [-0.3, -0.25) is 19.5 Å². The zero-order valence-corrected chi connectivity index (χ0v) is 18.4. The summed E-state index contributed by atoms with van der Waals surface area (Å²) in [5, 5.41) is 0. The van der Waals surface area contributed by atoms with Crippen molar-refractivity contribution in [3.8, 4) is 0 Å². The maximum atomic E-state index is 13.6. The van der Waals surface area contributed by atoms with Gasteiger partial charge in [-0.1, -0.05) is 48.5 Å². The van der Waals surface area contributed by atoms with E-state index in [-0.39, 0.29) is 29.9 Å². The van der Waals surface area contributed by atoms with E-state index in [2.05, 4.69) is 29.2 Å². The summed E-state index contributed by atoms with van der Waals surface area (Å²) < 4.78 is 0. The molecule has 0 saturated carbocycles. The molecule has 5 rings (SSSR count). The van der Waals surface area contributed by atoms with Crippen LogP contribution in [-0.4, -0.2) is 16.7 Å². The molecule has 160 valence electrons. The Morgan fingerprint density at radius 3 is 2.41 bits per heavy atom. The molecule has 2 heterocycles. The Morgan fingerprint density at radius 2 is 1.66 bits per heavy atom. The van der Waals surface area contributed by atoms with Gasteiger partial charge in [0.25, 0.3) is 0 Å². The van der Waals surface area contributed by atoms with E-state index in [1.165, 1.54) is 0 Å². The van der Waals surface area contributed by atoms with Crippen LogP contribution < -0.4 is 4.90 Å². The first-order valence-corrected chi connectivity index (χ1v) is 11.1. The quantitative estimate of drug-likeness (QED) is 0.550. The van der Waals surface area contributed by atoms with E-state index in [4.69, 9.17) is 0 Å². The Kier molecular flexibility index (Phi) is 5.22. The third-order valence-corrected chi connectivity index (χ3v) is 6.69. The second kappa shape index (κ2) is 8.19. The molecular formula is C28H26N2O2. The normalized spacial score (nSPS) is 21.0. The predicted molar refractivity (Wildman–Crippen MR) is 125 cm³/mol. The number of benzene rings is 2. The van der Waals surface area contributed by atoms with Crippen molar-refractivity contribution in [1.29, 1.82) is 0 Å². The highest BCUT2D eigenvalue weighted by molar-refractivity contribution is 6.08. The minimum atomic E-state index is -0.239. The molecule has 0 saturated heterocycles. The molecule has 0 bridgehead atoms. The van der Waals surface area contributed by atoms with Gasteiger partial charge in [-0.2, -0.15) is 0 Å².